The summed E-state index contributed by atoms with van der Waals surface area (Å²) in [6.07, 6.45) is 3.59. The molecule has 5 rings (SSSR count). The van der Waals surface area contributed by atoms with Gasteiger partial charge in [0.05, 0.1) is 10.8 Å². The zero-order valence-corrected chi connectivity index (χ0v) is 20.8. The standard InChI is InChI=1S/C26H30FN3O4S/c1-16-5-8-21(14-23(16)27)28-25(31)19-4-3-11-29(15-19)35(33,34)22-9-10-24-20(13-22)12-17(2)30(24)26(32)18-6-7-18/h5,8-10,13-14,17-19H,3-4,6-7,11-12,15H2,1-2H3,(H,28,31). The molecule has 35 heavy (non-hydrogen) atoms. The van der Waals surface area contributed by atoms with E-state index in [1.165, 1.54) is 10.4 Å². The largest absolute Gasteiger partial charge is 0.326 e. The Bertz CT molecular complexity index is 1290. The number of rotatable bonds is 5. The first kappa shape index (κ1) is 23.9. The number of hydrogen-bond acceptors (Lipinski definition) is 4. The fourth-order valence-corrected chi connectivity index (χ4v) is 6.64. The highest BCUT2D eigenvalue weighted by Gasteiger charge is 2.40. The van der Waals surface area contributed by atoms with E-state index in [2.05, 4.69) is 5.32 Å². The molecule has 2 aromatic rings. The summed E-state index contributed by atoms with van der Waals surface area (Å²) < 4.78 is 42.2. The molecule has 2 atom stereocenters. The molecule has 1 aliphatic carbocycles. The van der Waals surface area contributed by atoms with Gasteiger partial charge in [-0.1, -0.05) is 6.07 Å². The molecule has 2 amide bonds. The van der Waals surface area contributed by atoms with E-state index < -0.39 is 21.8 Å². The second-order valence-electron chi connectivity index (χ2n) is 9.98. The van der Waals surface area contributed by atoms with Gasteiger partial charge in [0.15, 0.2) is 0 Å². The fraction of sp³-hybridized carbons (Fsp3) is 0.462. The molecule has 2 aliphatic heterocycles. The Hall–Kier alpha value is -2.78. The number of nitrogens with one attached hydrogen (secondary N) is 1. The van der Waals surface area contributed by atoms with Crippen molar-refractivity contribution >= 4 is 33.2 Å². The molecule has 0 bridgehead atoms. The average Bonchev–Trinajstić information content (AvgIpc) is 3.63. The molecule has 186 valence electrons. The van der Waals surface area contributed by atoms with Crippen LogP contribution in [-0.2, 0) is 26.0 Å². The number of amides is 2. The number of fused-ring (bicyclic) bond motifs is 1. The Morgan fingerprint density at radius 2 is 1.83 bits per heavy atom. The van der Waals surface area contributed by atoms with Gasteiger partial charge in [-0.3, -0.25) is 9.59 Å². The van der Waals surface area contributed by atoms with Gasteiger partial charge in [-0.15, -0.1) is 0 Å². The van der Waals surface area contributed by atoms with Crippen molar-refractivity contribution in [3.63, 3.8) is 0 Å². The Labute approximate surface area is 205 Å². The maximum absolute atomic E-state index is 13.8. The lowest BCUT2D eigenvalue weighted by atomic mass is 9.98. The molecule has 2 aromatic carbocycles. The summed E-state index contributed by atoms with van der Waals surface area (Å²) in [4.78, 5) is 27.6. The second-order valence-corrected chi connectivity index (χ2v) is 11.9. The SMILES string of the molecule is Cc1ccc(NC(=O)C2CCCN(S(=O)(=O)c3ccc4c(c3)CC(C)N4C(=O)C3CC3)C2)cc1F. The van der Waals surface area contributed by atoms with Crippen LogP contribution >= 0.6 is 0 Å². The molecule has 2 fully saturated rings. The third kappa shape index (κ3) is 4.59. The Kier molecular flexibility index (Phi) is 6.17. The van der Waals surface area contributed by atoms with Crippen molar-refractivity contribution in [2.24, 2.45) is 11.8 Å². The highest BCUT2D eigenvalue weighted by atomic mass is 32.2. The number of carbonyl (C=O) groups is 2. The summed E-state index contributed by atoms with van der Waals surface area (Å²) in [5.41, 5.74) is 2.51. The molecule has 9 heteroatoms. The van der Waals surface area contributed by atoms with Crippen LogP contribution in [0.1, 0.15) is 43.7 Å². The first-order valence-electron chi connectivity index (χ1n) is 12.2. The average molecular weight is 500 g/mol. The van der Waals surface area contributed by atoms with Gasteiger partial charge in [0.1, 0.15) is 5.82 Å². The summed E-state index contributed by atoms with van der Waals surface area (Å²) in [6.45, 7) is 4.04. The van der Waals surface area contributed by atoms with E-state index in [-0.39, 0.29) is 35.2 Å². The third-order valence-electron chi connectivity index (χ3n) is 7.26. The number of benzene rings is 2. The van der Waals surface area contributed by atoms with E-state index in [0.29, 0.717) is 37.1 Å². The van der Waals surface area contributed by atoms with Gasteiger partial charge in [0.2, 0.25) is 21.8 Å². The molecule has 1 saturated carbocycles. The maximum Gasteiger partial charge on any atom is 0.243 e. The minimum atomic E-state index is -3.80. The second kappa shape index (κ2) is 9.02. The lowest BCUT2D eigenvalue weighted by molar-refractivity contribution is -0.121. The fourth-order valence-electron chi connectivity index (χ4n) is 5.07. The molecule has 1 N–H and O–H groups in total. The van der Waals surface area contributed by atoms with Crippen molar-refractivity contribution < 1.29 is 22.4 Å². The van der Waals surface area contributed by atoms with Crippen molar-refractivity contribution in [1.29, 1.82) is 0 Å². The molecule has 0 radical (unpaired) electrons. The smallest absolute Gasteiger partial charge is 0.243 e. The van der Waals surface area contributed by atoms with Crippen molar-refractivity contribution in [2.45, 2.75) is 56.9 Å². The summed E-state index contributed by atoms with van der Waals surface area (Å²) in [7, 11) is -3.80. The molecular formula is C26H30FN3O4S. The van der Waals surface area contributed by atoms with Gasteiger partial charge in [-0.05, 0) is 87.4 Å². The van der Waals surface area contributed by atoms with Gasteiger partial charge >= 0.3 is 0 Å². The number of carbonyl (C=O) groups excluding carboxylic acids is 2. The number of sulfonamides is 1. The Morgan fingerprint density at radius 1 is 1.06 bits per heavy atom. The van der Waals surface area contributed by atoms with Crippen LogP contribution in [0.5, 0.6) is 0 Å². The monoisotopic (exact) mass is 499 g/mol. The summed E-state index contributed by atoms with van der Waals surface area (Å²) >= 11 is 0. The van der Waals surface area contributed by atoms with E-state index in [4.69, 9.17) is 0 Å². The van der Waals surface area contributed by atoms with Crippen LogP contribution in [0, 0.1) is 24.6 Å². The number of nitrogens with zero attached hydrogens (tertiary/aromatic N) is 2. The zero-order valence-electron chi connectivity index (χ0n) is 20.0. The van der Waals surface area contributed by atoms with Crippen LogP contribution in [-0.4, -0.2) is 43.7 Å². The summed E-state index contributed by atoms with van der Waals surface area (Å²) in [5, 5.41) is 2.72. The molecule has 2 heterocycles. The van der Waals surface area contributed by atoms with E-state index in [9.17, 15) is 22.4 Å². The quantitative estimate of drug-likeness (QED) is 0.677. The van der Waals surface area contributed by atoms with E-state index >= 15 is 0 Å². The molecule has 0 spiro atoms. The Morgan fingerprint density at radius 3 is 2.54 bits per heavy atom. The van der Waals surface area contributed by atoms with Gasteiger partial charge < -0.3 is 10.2 Å². The predicted octanol–water partition coefficient (Wildman–Crippen LogP) is 3.86. The van der Waals surface area contributed by atoms with Crippen LogP contribution in [0.25, 0.3) is 0 Å². The van der Waals surface area contributed by atoms with E-state index in [0.717, 1.165) is 24.1 Å². The third-order valence-corrected chi connectivity index (χ3v) is 9.12. The van der Waals surface area contributed by atoms with Crippen molar-refractivity contribution in [1.82, 2.24) is 4.31 Å². The highest BCUT2D eigenvalue weighted by Crippen LogP contribution is 2.40. The summed E-state index contributed by atoms with van der Waals surface area (Å²) in [6, 6.07) is 9.50. The lowest BCUT2D eigenvalue weighted by Crippen LogP contribution is -2.43. The van der Waals surface area contributed by atoms with Crippen LogP contribution in [0.2, 0.25) is 0 Å². The first-order chi connectivity index (χ1) is 16.6. The predicted molar refractivity (Wildman–Crippen MR) is 131 cm³/mol. The van der Waals surface area contributed by atoms with E-state index in [1.807, 2.05) is 11.8 Å². The van der Waals surface area contributed by atoms with Gasteiger partial charge in [0.25, 0.3) is 0 Å². The minimum absolute atomic E-state index is 0.00530. The minimum Gasteiger partial charge on any atom is -0.326 e. The molecule has 7 nitrogen and oxygen atoms in total. The maximum atomic E-state index is 13.8. The molecular weight excluding hydrogens is 469 g/mol. The first-order valence-corrected chi connectivity index (χ1v) is 13.6. The van der Waals surface area contributed by atoms with Gasteiger partial charge in [0, 0.05) is 36.4 Å². The molecule has 1 saturated heterocycles. The van der Waals surface area contributed by atoms with Crippen LogP contribution in [0.3, 0.4) is 0 Å². The number of aryl methyl sites for hydroxylation is 1. The van der Waals surface area contributed by atoms with Crippen molar-refractivity contribution in [3.05, 3.63) is 53.3 Å². The molecule has 0 aromatic heterocycles. The molecule has 2 unspecified atom stereocenters. The van der Waals surface area contributed by atoms with Crippen molar-refractivity contribution in [3.8, 4) is 0 Å². The number of anilines is 2. The highest BCUT2D eigenvalue weighted by molar-refractivity contribution is 7.89. The topological polar surface area (TPSA) is 86.8 Å². The number of piperidine rings is 1. The lowest BCUT2D eigenvalue weighted by Gasteiger charge is -2.31. The van der Waals surface area contributed by atoms with E-state index in [1.54, 1.807) is 37.3 Å². The van der Waals surface area contributed by atoms with Gasteiger partial charge in [-0.2, -0.15) is 4.31 Å². The number of hydrogen-bond donors (Lipinski definition) is 1. The number of halogens is 1. The normalized spacial score (nSPS) is 22.7. The van der Waals surface area contributed by atoms with Crippen LogP contribution in [0.15, 0.2) is 41.3 Å². The van der Waals surface area contributed by atoms with Gasteiger partial charge in [-0.25, -0.2) is 12.8 Å². The zero-order chi connectivity index (χ0) is 24.9. The van der Waals surface area contributed by atoms with Crippen LogP contribution in [0.4, 0.5) is 15.8 Å². The Balaban J connectivity index is 1.31. The molecule has 3 aliphatic rings. The van der Waals surface area contributed by atoms with Crippen LogP contribution < -0.4 is 10.2 Å². The van der Waals surface area contributed by atoms with Crippen molar-refractivity contribution in [2.75, 3.05) is 23.3 Å². The summed E-state index contributed by atoms with van der Waals surface area (Å²) in [5.74, 6) is -1.02.